The van der Waals surface area contributed by atoms with Crippen molar-refractivity contribution >= 4 is 5.69 Å². The third-order valence-corrected chi connectivity index (χ3v) is 4.10. The van der Waals surface area contributed by atoms with E-state index in [1.165, 1.54) is 16.8 Å². The van der Waals surface area contributed by atoms with E-state index in [1.54, 1.807) is 12.1 Å². The van der Waals surface area contributed by atoms with E-state index in [-0.39, 0.29) is 0 Å². The number of hydrogen-bond acceptors (Lipinski definition) is 1. The first kappa shape index (κ1) is 14.9. The second-order valence-corrected chi connectivity index (χ2v) is 5.85. The van der Waals surface area contributed by atoms with Crippen molar-refractivity contribution in [2.75, 3.05) is 11.4 Å². The molecule has 0 fully saturated rings. The molecule has 2 aromatic carbocycles. The molecule has 0 N–H and O–H groups in total. The lowest BCUT2D eigenvalue weighted by Gasteiger charge is -2.31. The number of benzene rings is 2. The number of alkyl halides is 3. The molecule has 0 bridgehead atoms. The highest BCUT2D eigenvalue weighted by molar-refractivity contribution is 5.57. The first-order valence-corrected chi connectivity index (χ1v) is 7.44. The van der Waals surface area contributed by atoms with Crippen molar-refractivity contribution in [1.82, 2.24) is 0 Å². The van der Waals surface area contributed by atoms with Crippen LogP contribution in [0.25, 0.3) is 0 Å². The van der Waals surface area contributed by atoms with Crippen LogP contribution in [0.2, 0.25) is 0 Å². The summed E-state index contributed by atoms with van der Waals surface area (Å²) < 4.78 is 37.8. The summed E-state index contributed by atoms with van der Waals surface area (Å²) in [5.41, 5.74) is 4.09. The van der Waals surface area contributed by atoms with Crippen LogP contribution in [0.5, 0.6) is 0 Å². The van der Waals surface area contributed by atoms with Gasteiger partial charge in [-0.15, -0.1) is 0 Å². The molecule has 0 saturated heterocycles. The molecule has 1 nitrogen and oxygen atoms in total. The largest absolute Gasteiger partial charge is 0.416 e. The Bertz CT molecular complexity index is 659. The Labute approximate surface area is 128 Å². The zero-order chi connectivity index (χ0) is 15.7. The molecule has 0 amide bonds. The maximum absolute atomic E-state index is 12.6. The number of hydrogen-bond donors (Lipinski definition) is 0. The molecule has 0 atom stereocenters. The van der Waals surface area contributed by atoms with Gasteiger partial charge >= 0.3 is 6.18 Å². The monoisotopic (exact) mass is 305 g/mol. The number of halogens is 3. The van der Waals surface area contributed by atoms with Gasteiger partial charge in [-0.1, -0.05) is 29.8 Å². The molecule has 22 heavy (non-hydrogen) atoms. The lowest BCUT2D eigenvalue weighted by Crippen LogP contribution is -2.28. The van der Waals surface area contributed by atoms with Gasteiger partial charge in [0.25, 0.3) is 0 Å². The number of rotatable bonds is 2. The van der Waals surface area contributed by atoms with Crippen molar-refractivity contribution in [3.05, 3.63) is 64.7 Å². The highest BCUT2D eigenvalue weighted by atomic mass is 19.4. The van der Waals surface area contributed by atoms with Gasteiger partial charge in [0.05, 0.1) is 5.56 Å². The maximum Gasteiger partial charge on any atom is 0.416 e. The molecule has 0 saturated carbocycles. The SMILES string of the molecule is Cc1ccc2c(c1)CCCN2Cc1ccc(C(F)(F)F)cc1. The predicted molar refractivity (Wildman–Crippen MR) is 82.0 cm³/mol. The van der Waals surface area contributed by atoms with E-state index < -0.39 is 11.7 Å². The van der Waals surface area contributed by atoms with Gasteiger partial charge in [-0.3, -0.25) is 0 Å². The van der Waals surface area contributed by atoms with Gasteiger partial charge in [0.2, 0.25) is 0 Å². The van der Waals surface area contributed by atoms with Gasteiger partial charge in [0.1, 0.15) is 0 Å². The Morgan fingerprint density at radius 1 is 1.05 bits per heavy atom. The van der Waals surface area contributed by atoms with Crippen LogP contribution in [-0.4, -0.2) is 6.54 Å². The van der Waals surface area contributed by atoms with E-state index in [1.807, 2.05) is 0 Å². The number of anilines is 1. The quantitative estimate of drug-likeness (QED) is 0.757. The molecule has 4 heteroatoms. The molecule has 1 aliphatic rings. The molecule has 0 aromatic heterocycles. The highest BCUT2D eigenvalue weighted by Gasteiger charge is 2.30. The summed E-state index contributed by atoms with van der Waals surface area (Å²) in [5, 5.41) is 0. The van der Waals surface area contributed by atoms with Crippen LogP contribution in [0.1, 0.15) is 28.7 Å². The Morgan fingerprint density at radius 2 is 1.77 bits per heavy atom. The smallest absolute Gasteiger partial charge is 0.367 e. The van der Waals surface area contributed by atoms with Crippen molar-refractivity contribution in [2.45, 2.75) is 32.5 Å². The molecule has 1 heterocycles. The van der Waals surface area contributed by atoms with Crippen LogP contribution in [0.4, 0.5) is 18.9 Å². The topological polar surface area (TPSA) is 3.24 Å². The Morgan fingerprint density at radius 3 is 2.45 bits per heavy atom. The van der Waals surface area contributed by atoms with Gasteiger partial charge in [0.15, 0.2) is 0 Å². The first-order chi connectivity index (χ1) is 10.4. The summed E-state index contributed by atoms with van der Waals surface area (Å²) in [6, 6.07) is 11.9. The molecule has 0 unspecified atom stereocenters. The molecule has 1 aliphatic heterocycles. The minimum atomic E-state index is -4.27. The van der Waals surface area contributed by atoms with Crippen molar-refractivity contribution < 1.29 is 13.2 Å². The standard InChI is InChI=1S/C18H18F3N/c1-13-4-9-17-15(11-13)3-2-10-22(17)12-14-5-7-16(8-6-14)18(19,20)21/h4-9,11H,2-3,10,12H2,1H3. The van der Waals surface area contributed by atoms with Crippen molar-refractivity contribution in [3.8, 4) is 0 Å². The Kier molecular flexibility index (Phi) is 3.85. The van der Waals surface area contributed by atoms with Crippen LogP contribution >= 0.6 is 0 Å². The molecule has 0 radical (unpaired) electrons. The normalized spacial score (nSPS) is 14.8. The number of fused-ring (bicyclic) bond motifs is 1. The van der Waals surface area contributed by atoms with E-state index in [0.717, 1.165) is 37.1 Å². The second-order valence-electron chi connectivity index (χ2n) is 5.85. The minimum Gasteiger partial charge on any atom is -0.367 e. The van der Waals surface area contributed by atoms with Crippen LogP contribution < -0.4 is 4.90 Å². The lowest BCUT2D eigenvalue weighted by atomic mass is 9.99. The van der Waals surface area contributed by atoms with Crippen molar-refractivity contribution in [2.24, 2.45) is 0 Å². The average molecular weight is 305 g/mol. The second kappa shape index (κ2) is 5.67. The number of aryl methyl sites for hydroxylation is 2. The summed E-state index contributed by atoms with van der Waals surface area (Å²) in [6.45, 7) is 3.67. The first-order valence-electron chi connectivity index (χ1n) is 7.44. The van der Waals surface area contributed by atoms with E-state index in [9.17, 15) is 13.2 Å². The van der Waals surface area contributed by atoms with Crippen LogP contribution in [-0.2, 0) is 19.1 Å². The van der Waals surface area contributed by atoms with E-state index in [0.29, 0.717) is 6.54 Å². The van der Waals surface area contributed by atoms with Gasteiger partial charge in [-0.25, -0.2) is 0 Å². The average Bonchev–Trinajstić information content (AvgIpc) is 2.47. The molecule has 0 aliphatic carbocycles. The minimum absolute atomic E-state index is 0.592. The third-order valence-electron chi connectivity index (χ3n) is 4.10. The fourth-order valence-corrected chi connectivity index (χ4v) is 2.99. The molecular formula is C18H18F3N. The van der Waals surface area contributed by atoms with Gasteiger partial charge in [0, 0.05) is 18.8 Å². The summed E-state index contributed by atoms with van der Waals surface area (Å²) >= 11 is 0. The Balaban J connectivity index is 1.80. The van der Waals surface area contributed by atoms with Crippen molar-refractivity contribution in [1.29, 1.82) is 0 Å². The number of nitrogens with zero attached hydrogens (tertiary/aromatic N) is 1. The zero-order valence-corrected chi connectivity index (χ0v) is 12.5. The summed E-state index contributed by atoms with van der Waals surface area (Å²) in [5.74, 6) is 0. The van der Waals surface area contributed by atoms with E-state index >= 15 is 0 Å². The summed E-state index contributed by atoms with van der Waals surface area (Å²) in [6.07, 6.45) is -2.12. The van der Waals surface area contributed by atoms with Crippen LogP contribution in [0.15, 0.2) is 42.5 Å². The molecular weight excluding hydrogens is 287 g/mol. The zero-order valence-electron chi connectivity index (χ0n) is 12.5. The molecule has 3 rings (SSSR count). The van der Waals surface area contributed by atoms with E-state index in [2.05, 4.69) is 30.0 Å². The fraction of sp³-hybridized carbons (Fsp3) is 0.333. The maximum atomic E-state index is 12.6. The molecule has 2 aromatic rings. The van der Waals surface area contributed by atoms with Crippen LogP contribution in [0, 0.1) is 6.92 Å². The third kappa shape index (κ3) is 3.11. The Hall–Kier alpha value is -1.97. The lowest BCUT2D eigenvalue weighted by molar-refractivity contribution is -0.137. The molecule has 0 spiro atoms. The van der Waals surface area contributed by atoms with Gasteiger partial charge < -0.3 is 4.90 Å². The van der Waals surface area contributed by atoms with Gasteiger partial charge in [-0.2, -0.15) is 13.2 Å². The summed E-state index contributed by atoms with van der Waals surface area (Å²) in [7, 11) is 0. The van der Waals surface area contributed by atoms with Crippen LogP contribution in [0.3, 0.4) is 0 Å². The highest BCUT2D eigenvalue weighted by Crippen LogP contribution is 2.31. The van der Waals surface area contributed by atoms with E-state index in [4.69, 9.17) is 0 Å². The fourth-order valence-electron chi connectivity index (χ4n) is 2.99. The summed E-state index contributed by atoms with van der Waals surface area (Å²) in [4.78, 5) is 2.25. The predicted octanol–water partition coefficient (Wildman–Crippen LogP) is 4.97. The van der Waals surface area contributed by atoms with Crippen molar-refractivity contribution in [3.63, 3.8) is 0 Å². The van der Waals surface area contributed by atoms with Gasteiger partial charge in [-0.05, 0) is 49.1 Å². The molecule has 116 valence electrons.